The molecule has 1 aliphatic rings. The number of carbonyl (C=O) groups is 1. The molecule has 0 atom stereocenters. The molecule has 2 aromatic rings. The molecule has 0 spiro atoms. The average molecular weight is 302 g/mol. The van der Waals surface area contributed by atoms with Crippen LogP contribution >= 0.6 is 11.6 Å². The maximum atomic E-state index is 12.3. The molecule has 0 radical (unpaired) electrons. The van der Waals surface area contributed by atoms with E-state index in [0.29, 0.717) is 18.0 Å². The molecular formula is C17H16ClNO2. The van der Waals surface area contributed by atoms with Gasteiger partial charge in [0.25, 0.3) is 0 Å². The molecule has 1 aliphatic heterocycles. The Labute approximate surface area is 129 Å². The van der Waals surface area contributed by atoms with Crippen LogP contribution in [0.3, 0.4) is 0 Å². The van der Waals surface area contributed by atoms with E-state index in [1.165, 1.54) is 0 Å². The van der Waals surface area contributed by atoms with Crippen molar-refractivity contribution in [1.82, 2.24) is 0 Å². The number of anilines is 1. The summed E-state index contributed by atoms with van der Waals surface area (Å²) in [5.41, 5.74) is 3.04. The van der Waals surface area contributed by atoms with Crippen LogP contribution in [0.4, 0.5) is 5.69 Å². The molecule has 0 unspecified atom stereocenters. The van der Waals surface area contributed by atoms with Gasteiger partial charge in [0.05, 0.1) is 24.4 Å². The van der Waals surface area contributed by atoms with Crippen molar-refractivity contribution in [3.05, 3.63) is 58.6 Å². The molecule has 0 bridgehead atoms. The number of amides is 1. The number of hydrogen-bond acceptors (Lipinski definition) is 2. The first kappa shape index (κ1) is 14.0. The van der Waals surface area contributed by atoms with Crippen LogP contribution in [0.2, 0.25) is 5.02 Å². The average Bonchev–Trinajstić information content (AvgIpc) is 2.51. The van der Waals surface area contributed by atoms with Gasteiger partial charge >= 0.3 is 0 Å². The molecule has 3 rings (SSSR count). The third-order valence-electron chi connectivity index (χ3n) is 3.75. The van der Waals surface area contributed by atoms with Gasteiger partial charge in [0.1, 0.15) is 5.75 Å². The summed E-state index contributed by atoms with van der Waals surface area (Å²) in [5, 5.41) is 0.633. The molecule has 4 heteroatoms. The van der Waals surface area contributed by atoms with Gasteiger partial charge in [-0.2, -0.15) is 0 Å². The van der Waals surface area contributed by atoms with Crippen molar-refractivity contribution >= 4 is 23.2 Å². The molecule has 3 nitrogen and oxygen atoms in total. The number of ether oxygens (including phenoxy) is 1. The van der Waals surface area contributed by atoms with Gasteiger partial charge in [0, 0.05) is 6.42 Å². The van der Waals surface area contributed by atoms with E-state index >= 15 is 0 Å². The molecule has 0 fully saturated rings. The molecule has 108 valence electrons. The lowest BCUT2D eigenvalue weighted by Crippen LogP contribution is -2.34. The van der Waals surface area contributed by atoms with Crippen molar-refractivity contribution < 1.29 is 9.53 Å². The zero-order valence-electron chi connectivity index (χ0n) is 11.8. The number of hydrogen-bond donors (Lipinski definition) is 0. The first-order chi connectivity index (χ1) is 10.2. The van der Waals surface area contributed by atoms with Crippen molar-refractivity contribution in [3.63, 3.8) is 0 Å². The number of nitrogens with zero attached hydrogens (tertiary/aromatic N) is 1. The van der Waals surface area contributed by atoms with Crippen LogP contribution in [0.25, 0.3) is 0 Å². The highest BCUT2D eigenvalue weighted by Crippen LogP contribution is 2.35. The topological polar surface area (TPSA) is 29.5 Å². The largest absolute Gasteiger partial charge is 0.497 e. The number of para-hydroxylation sites is 1. The first-order valence-electron chi connectivity index (χ1n) is 6.89. The van der Waals surface area contributed by atoms with Crippen molar-refractivity contribution in [3.8, 4) is 5.75 Å². The minimum absolute atomic E-state index is 0.117. The Bertz CT molecular complexity index is 667. The number of rotatable bonds is 3. The number of methoxy groups -OCH3 is 1. The van der Waals surface area contributed by atoms with Gasteiger partial charge in [-0.3, -0.25) is 4.79 Å². The Morgan fingerprint density at radius 3 is 2.62 bits per heavy atom. The van der Waals surface area contributed by atoms with Gasteiger partial charge < -0.3 is 9.64 Å². The Kier molecular flexibility index (Phi) is 3.84. The van der Waals surface area contributed by atoms with E-state index in [1.807, 2.05) is 42.5 Å². The second-order valence-corrected chi connectivity index (χ2v) is 5.48. The third kappa shape index (κ3) is 2.74. The summed E-state index contributed by atoms with van der Waals surface area (Å²) in [6.07, 6.45) is 1.29. The quantitative estimate of drug-likeness (QED) is 0.862. The van der Waals surface area contributed by atoms with Gasteiger partial charge in [0.2, 0.25) is 5.91 Å². The summed E-state index contributed by atoms with van der Waals surface area (Å²) in [6.45, 7) is 0.527. The van der Waals surface area contributed by atoms with Crippen LogP contribution in [-0.4, -0.2) is 13.0 Å². The Balaban J connectivity index is 1.92. The lowest BCUT2D eigenvalue weighted by atomic mass is 10.0. The summed E-state index contributed by atoms with van der Waals surface area (Å²) in [6, 6.07) is 13.5. The van der Waals surface area contributed by atoms with Crippen molar-refractivity contribution in [1.29, 1.82) is 0 Å². The van der Waals surface area contributed by atoms with Gasteiger partial charge in [-0.1, -0.05) is 35.9 Å². The second-order valence-electron chi connectivity index (χ2n) is 5.08. The van der Waals surface area contributed by atoms with Gasteiger partial charge in [-0.15, -0.1) is 0 Å². The highest BCUT2D eigenvalue weighted by molar-refractivity contribution is 6.34. The summed E-state index contributed by atoms with van der Waals surface area (Å²) < 4.78 is 5.15. The lowest BCUT2D eigenvalue weighted by Gasteiger charge is -2.30. The van der Waals surface area contributed by atoms with E-state index in [0.717, 1.165) is 29.0 Å². The van der Waals surface area contributed by atoms with Crippen molar-refractivity contribution in [2.45, 2.75) is 19.4 Å². The molecule has 0 aromatic heterocycles. The summed E-state index contributed by atoms with van der Waals surface area (Å²) >= 11 is 6.30. The van der Waals surface area contributed by atoms with Crippen LogP contribution in [0.15, 0.2) is 42.5 Å². The predicted octanol–water partition coefficient (Wildman–Crippen LogP) is 3.83. The molecule has 0 saturated carbocycles. The van der Waals surface area contributed by atoms with E-state index in [-0.39, 0.29) is 5.91 Å². The van der Waals surface area contributed by atoms with Crippen LogP contribution in [0.1, 0.15) is 17.5 Å². The molecular weight excluding hydrogens is 286 g/mol. The molecule has 0 saturated heterocycles. The molecule has 1 amide bonds. The maximum Gasteiger partial charge on any atom is 0.227 e. The minimum atomic E-state index is 0.117. The predicted molar refractivity (Wildman–Crippen MR) is 84.0 cm³/mol. The van der Waals surface area contributed by atoms with Gasteiger partial charge in [-0.05, 0) is 35.7 Å². The SMILES string of the molecule is COc1ccc(CN2C(=O)CCc3cccc(Cl)c32)cc1. The third-order valence-corrected chi connectivity index (χ3v) is 4.05. The van der Waals surface area contributed by atoms with E-state index in [1.54, 1.807) is 12.0 Å². The summed E-state index contributed by atoms with van der Waals surface area (Å²) in [4.78, 5) is 14.1. The fraction of sp³-hybridized carbons (Fsp3) is 0.235. The zero-order chi connectivity index (χ0) is 14.8. The molecule has 0 N–H and O–H groups in total. The Morgan fingerprint density at radius 2 is 1.90 bits per heavy atom. The highest BCUT2D eigenvalue weighted by atomic mass is 35.5. The molecule has 1 heterocycles. The van der Waals surface area contributed by atoms with Gasteiger partial charge in [-0.25, -0.2) is 0 Å². The monoisotopic (exact) mass is 301 g/mol. The fourth-order valence-electron chi connectivity index (χ4n) is 2.65. The molecule has 21 heavy (non-hydrogen) atoms. The van der Waals surface area contributed by atoms with E-state index < -0.39 is 0 Å². The molecule has 0 aliphatic carbocycles. The first-order valence-corrected chi connectivity index (χ1v) is 7.27. The maximum absolute atomic E-state index is 12.3. The second kappa shape index (κ2) is 5.78. The number of carbonyl (C=O) groups excluding carboxylic acids is 1. The van der Waals surface area contributed by atoms with Crippen LogP contribution in [0, 0.1) is 0 Å². The number of halogens is 1. The Morgan fingerprint density at radius 1 is 1.14 bits per heavy atom. The standard InChI is InChI=1S/C17H16ClNO2/c1-21-14-8-5-12(6-9-14)11-19-16(20)10-7-13-3-2-4-15(18)17(13)19/h2-6,8-9H,7,10-11H2,1H3. The zero-order valence-corrected chi connectivity index (χ0v) is 12.6. The van der Waals surface area contributed by atoms with Gasteiger partial charge in [0.15, 0.2) is 0 Å². The number of aryl methyl sites for hydroxylation is 1. The summed E-state index contributed by atoms with van der Waals surface area (Å²) in [5.74, 6) is 0.925. The normalized spacial score (nSPS) is 14.0. The highest BCUT2D eigenvalue weighted by Gasteiger charge is 2.26. The van der Waals surface area contributed by atoms with Crippen LogP contribution in [0.5, 0.6) is 5.75 Å². The summed E-state index contributed by atoms with van der Waals surface area (Å²) in [7, 11) is 1.64. The number of fused-ring (bicyclic) bond motifs is 1. The Hall–Kier alpha value is -2.00. The van der Waals surface area contributed by atoms with E-state index in [2.05, 4.69) is 0 Å². The van der Waals surface area contributed by atoms with E-state index in [9.17, 15) is 4.79 Å². The lowest BCUT2D eigenvalue weighted by molar-refractivity contribution is -0.119. The fourth-order valence-corrected chi connectivity index (χ4v) is 2.94. The number of benzene rings is 2. The minimum Gasteiger partial charge on any atom is -0.497 e. The van der Waals surface area contributed by atoms with Crippen LogP contribution < -0.4 is 9.64 Å². The van der Waals surface area contributed by atoms with Crippen LogP contribution in [-0.2, 0) is 17.8 Å². The van der Waals surface area contributed by atoms with Crippen molar-refractivity contribution in [2.24, 2.45) is 0 Å². The molecule has 2 aromatic carbocycles. The van der Waals surface area contributed by atoms with E-state index in [4.69, 9.17) is 16.3 Å². The van der Waals surface area contributed by atoms with Crippen molar-refractivity contribution in [2.75, 3.05) is 12.0 Å². The smallest absolute Gasteiger partial charge is 0.227 e.